The second-order valence-electron chi connectivity index (χ2n) is 5.59. The van der Waals surface area contributed by atoms with E-state index in [1.165, 1.54) is 6.33 Å². The molecule has 0 saturated heterocycles. The molecule has 1 N–H and O–H groups in total. The highest BCUT2D eigenvalue weighted by atomic mass is 32.2. The summed E-state index contributed by atoms with van der Waals surface area (Å²) in [6, 6.07) is 8.34. The minimum atomic E-state index is -3.32. The molecule has 0 bridgehead atoms. The van der Waals surface area contributed by atoms with Crippen molar-refractivity contribution in [2.75, 3.05) is 10.5 Å². The smallest absolute Gasteiger partial charge is 0.232 e. The average Bonchev–Trinajstić information content (AvgIpc) is 3.17. The summed E-state index contributed by atoms with van der Waals surface area (Å²) >= 11 is 0. The van der Waals surface area contributed by atoms with E-state index in [-0.39, 0.29) is 5.75 Å². The maximum absolute atomic E-state index is 11.9. The normalized spacial score (nSPS) is 11.3. The van der Waals surface area contributed by atoms with E-state index in [4.69, 9.17) is 4.74 Å². The van der Waals surface area contributed by atoms with Crippen molar-refractivity contribution in [3.8, 4) is 17.4 Å². The van der Waals surface area contributed by atoms with Crippen LogP contribution in [0.15, 0.2) is 55.4 Å². The van der Waals surface area contributed by atoms with Crippen LogP contribution < -0.4 is 9.46 Å². The molecule has 136 valence electrons. The Labute approximate surface area is 152 Å². The van der Waals surface area contributed by atoms with Crippen molar-refractivity contribution < 1.29 is 13.2 Å². The van der Waals surface area contributed by atoms with Crippen LogP contribution in [-0.4, -0.2) is 33.7 Å². The lowest BCUT2D eigenvalue weighted by Crippen LogP contribution is -2.16. The Balaban J connectivity index is 1.67. The molecule has 0 fully saturated rings. The maximum Gasteiger partial charge on any atom is 0.232 e. The molecule has 0 amide bonds. The summed E-state index contributed by atoms with van der Waals surface area (Å²) in [6.07, 6.45) is 7.91. The third kappa shape index (κ3) is 4.79. The van der Waals surface area contributed by atoms with Crippen molar-refractivity contribution in [2.24, 2.45) is 0 Å². The van der Waals surface area contributed by atoms with Crippen LogP contribution in [0.25, 0.3) is 5.82 Å². The van der Waals surface area contributed by atoms with Gasteiger partial charge in [-0.25, -0.2) is 23.4 Å². The third-order valence-corrected chi connectivity index (χ3v) is 4.89. The second-order valence-corrected chi connectivity index (χ2v) is 7.43. The van der Waals surface area contributed by atoms with E-state index in [2.05, 4.69) is 19.7 Å². The molecule has 3 aromatic rings. The Morgan fingerprint density at radius 3 is 2.69 bits per heavy atom. The zero-order chi connectivity index (χ0) is 18.4. The quantitative estimate of drug-likeness (QED) is 0.652. The number of anilines is 1. The average molecular weight is 373 g/mol. The summed E-state index contributed by atoms with van der Waals surface area (Å²) in [6.45, 7) is 1.95. The van der Waals surface area contributed by atoms with Gasteiger partial charge in [0, 0.05) is 24.1 Å². The number of rotatable bonds is 8. The lowest BCUT2D eigenvalue weighted by Gasteiger charge is -2.09. The Hall–Kier alpha value is -2.94. The van der Waals surface area contributed by atoms with Crippen LogP contribution in [0.3, 0.4) is 0 Å². The second kappa shape index (κ2) is 7.96. The first kappa shape index (κ1) is 17.9. The predicted molar refractivity (Wildman–Crippen MR) is 98.0 cm³/mol. The molecule has 0 aliphatic heterocycles. The van der Waals surface area contributed by atoms with Gasteiger partial charge in [-0.15, -0.1) is 0 Å². The number of nitrogens with zero attached hydrogens (tertiary/aromatic N) is 4. The van der Waals surface area contributed by atoms with Crippen LogP contribution in [0.2, 0.25) is 0 Å². The summed E-state index contributed by atoms with van der Waals surface area (Å²) < 4.78 is 33.8. The van der Waals surface area contributed by atoms with Gasteiger partial charge in [-0.3, -0.25) is 9.29 Å². The summed E-state index contributed by atoms with van der Waals surface area (Å²) in [5.41, 5.74) is 0.496. The van der Waals surface area contributed by atoms with Crippen LogP contribution in [0.4, 0.5) is 5.69 Å². The Kier molecular flexibility index (Phi) is 5.47. The van der Waals surface area contributed by atoms with Crippen molar-refractivity contribution in [1.82, 2.24) is 19.5 Å². The highest BCUT2D eigenvalue weighted by molar-refractivity contribution is 7.92. The topological polar surface area (TPSA) is 99.0 Å². The number of unbranched alkanes of at least 4 members (excludes halogenated alkanes) is 1. The van der Waals surface area contributed by atoms with Gasteiger partial charge in [-0.2, -0.15) is 0 Å². The third-order valence-electron chi connectivity index (χ3n) is 3.51. The Bertz CT molecular complexity index is 941. The fourth-order valence-corrected chi connectivity index (χ4v) is 3.46. The highest BCUT2D eigenvalue weighted by Crippen LogP contribution is 2.22. The minimum Gasteiger partial charge on any atom is -0.439 e. The van der Waals surface area contributed by atoms with E-state index in [9.17, 15) is 8.42 Å². The predicted octanol–water partition coefficient (Wildman–Crippen LogP) is 3.00. The molecule has 0 saturated carbocycles. The maximum atomic E-state index is 11.9. The summed E-state index contributed by atoms with van der Waals surface area (Å²) in [7, 11) is -3.32. The standard InChI is InChI=1S/C17H19N5O3S/c1-2-3-10-26(23,24)21-14-4-6-15(7-5-14)25-17-11-16(19-12-20-17)22-9-8-18-13-22/h4-9,11-13,21H,2-3,10H2,1H3. The molecule has 2 aromatic heterocycles. The van der Waals surface area contributed by atoms with Crippen LogP contribution >= 0.6 is 0 Å². The molecule has 9 heteroatoms. The summed E-state index contributed by atoms with van der Waals surface area (Å²) in [4.78, 5) is 12.2. The molecule has 0 unspecified atom stereocenters. The number of hydrogen-bond donors (Lipinski definition) is 1. The van der Waals surface area contributed by atoms with Crippen LogP contribution in [0.5, 0.6) is 11.6 Å². The number of ether oxygens (including phenoxy) is 1. The lowest BCUT2D eigenvalue weighted by molar-refractivity contribution is 0.461. The molecule has 26 heavy (non-hydrogen) atoms. The van der Waals surface area contributed by atoms with E-state index in [1.807, 2.05) is 6.92 Å². The molecule has 0 radical (unpaired) electrons. The van der Waals surface area contributed by atoms with Crippen LogP contribution in [0, 0.1) is 0 Å². The Morgan fingerprint density at radius 1 is 1.19 bits per heavy atom. The van der Waals surface area contributed by atoms with E-state index in [0.29, 0.717) is 29.6 Å². The van der Waals surface area contributed by atoms with Gasteiger partial charge in [0.2, 0.25) is 15.9 Å². The minimum absolute atomic E-state index is 0.111. The van der Waals surface area contributed by atoms with Gasteiger partial charge in [0.15, 0.2) is 0 Å². The Morgan fingerprint density at radius 2 is 2.00 bits per heavy atom. The number of hydrogen-bond acceptors (Lipinski definition) is 6. The lowest BCUT2D eigenvalue weighted by atomic mass is 10.3. The van der Waals surface area contributed by atoms with Crippen molar-refractivity contribution in [3.05, 3.63) is 55.4 Å². The van der Waals surface area contributed by atoms with Gasteiger partial charge < -0.3 is 4.74 Å². The molecule has 0 aliphatic carbocycles. The van der Waals surface area contributed by atoms with E-state index < -0.39 is 10.0 Å². The first-order valence-corrected chi connectivity index (χ1v) is 9.80. The molecule has 0 aliphatic rings. The molecular weight excluding hydrogens is 354 g/mol. The molecule has 2 heterocycles. The van der Waals surface area contributed by atoms with Gasteiger partial charge in [0.05, 0.1) is 5.75 Å². The fourth-order valence-electron chi connectivity index (χ4n) is 2.20. The van der Waals surface area contributed by atoms with Gasteiger partial charge in [0.1, 0.15) is 24.2 Å². The highest BCUT2D eigenvalue weighted by Gasteiger charge is 2.10. The number of imidazole rings is 1. The number of sulfonamides is 1. The van der Waals surface area contributed by atoms with Gasteiger partial charge in [-0.1, -0.05) is 13.3 Å². The van der Waals surface area contributed by atoms with E-state index >= 15 is 0 Å². The molecule has 3 rings (SSSR count). The molecule has 1 aromatic carbocycles. The van der Waals surface area contributed by atoms with Crippen molar-refractivity contribution in [1.29, 1.82) is 0 Å². The van der Waals surface area contributed by atoms with E-state index in [1.54, 1.807) is 53.6 Å². The molecule has 0 spiro atoms. The van der Waals surface area contributed by atoms with Gasteiger partial charge >= 0.3 is 0 Å². The van der Waals surface area contributed by atoms with Crippen molar-refractivity contribution >= 4 is 15.7 Å². The van der Waals surface area contributed by atoms with Gasteiger partial charge in [-0.05, 0) is 30.7 Å². The molecule has 8 nitrogen and oxygen atoms in total. The molecular formula is C17H19N5O3S. The van der Waals surface area contributed by atoms with Crippen LogP contribution in [-0.2, 0) is 10.0 Å². The number of benzene rings is 1. The summed E-state index contributed by atoms with van der Waals surface area (Å²) in [5.74, 6) is 1.66. The number of nitrogens with one attached hydrogen (secondary N) is 1. The zero-order valence-corrected chi connectivity index (χ0v) is 15.1. The number of aromatic nitrogens is 4. The van der Waals surface area contributed by atoms with Crippen molar-refractivity contribution in [2.45, 2.75) is 19.8 Å². The largest absolute Gasteiger partial charge is 0.439 e. The monoisotopic (exact) mass is 373 g/mol. The van der Waals surface area contributed by atoms with Crippen molar-refractivity contribution in [3.63, 3.8) is 0 Å². The summed E-state index contributed by atoms with van der Waals surface area (Å²) in [5, 5.41) is 0. The zero-order valence-electron chi connectivity index (χ0n) is 14.2. The SMILES string of the molecule is CCCCS(=O)(=O)Nc1ccc(Oc2cc(-n3ccnc3)ncn2)cc1. The molecule has 0 atom stereocenters. The first-order chi connectivity index (χ1) is 12.6. The van der Waals surface area contributed by atoms with E-state index in [0.717, 1.165) is 6.42 Å². The first-order valence-electron chi connectivity index (χ1n) is 8.14. The fraction of sp³-hybridized carbons (Fsp3) is 0.235. The van der Waals surface area contributed by atoms with Crippen LogP contribution in [0.1, 0.15) is 19.8 Å². The van der Waals surface area contributed by atoms with Gasteiger partial charge in [0.25, 0.3) is 0 Å².